The normalized spacial score (nSPS) is 26.8. The number of nitrogens with two attached hydrogens (primary N) is 1. The molecule has 0 aliphatic heterocycles. The zero-order chi connectivity index (χ0) is 15.8. The minimum absolute atomic E-state index is 0.00179. The molecule has 1 aliphatic carbocycles. The van der Waals surface area contributed by atoms with Crippen molar-refractivity contribution < 1.29 is 8.42 Å². The maximum atomic E-state index is 12.8. The molecule has 21 heavy (non-hydrogen) atoms. The Balaban J connectivity index is 2.33. The predicted molar refractivity (Wildman–Crippen MR) is 86.6 cm³/mol. The van der Waals surface area contributed by atoms with Gasteiger partial charge in [0.25, 0.3) is 0 Å². The molecule has 3 N–H and O–H groups in total. The fourth-order valence-corrected chi connectivity index (χ4v) is 4.97. The van der Waals surface area contributed by atoms with Crippen molar-refractivity contribution in [2.75, 3.05) is 5.73 Å². The summed E-state index contributed by atoms with van der Waals surface area (Å²) in [5, 5.41) is 0. The average molecular weight is 310 g/mol. The van der Waals surface area contributed by atoms with Gasteiger partial charge in [-0.15, -0.1) is 0 Å². The van der Waals surface area contributed by atoms with E-state index in [1.54, 1.807) is 6.07 Å². The lowest BCUT2D eigenvalue weighted by Gasteiger charge is -2.34. The monoisotopic (exact) mass is 310 g/mol. The highest BCUT2D eigenvalue weighted by Crippen LogP contribution is 2.32. The van der Waals surface area contributed by atoms with E-state index < -0.39 is 10.0 Å². The van der Waals surface area contributed by atoms with Crippen molar-refractivity contribution in [3.05, 3.63) is 23.3 Å². The van der Waals surface area contributed by atoms with Gasteiger partial charge < -0.3 is 5.73 Å². The first-order chi connectivity index (χ1) is 9.74. The van der Waals surface area contributed by atoms with Crippen LogP contribution < -0.4 is 10.5 Å². The molecule has 0 heterocycles. The Kier molecular flexibility index (Phi) is 4.63. The second kappa shape index (κ2) is 5.97. The molecule has 4 nitrogen and oxygen atoms in total. The smallest absolute Gasteiger partial charge is 0.243 e. The molecule has 1 fully saturated rings. The molecule has 2 rings (SSSR count). The number of sulfonamides is 1. The zero-order valence-electron chi connectivity index (χ0n) is 13.3. The quantitative estimate of drug-likeness (QED) is 0.843. The topological polar surface area (TPSA) is 72.2 Å². The van der Waals surface area contributed by atoms with Gasteiger partial charge in [0.1, 0.15) is 4.90 Å². The summed E-state index contributed by atoms with van der Waals surface area (Å²) in [4.78, 5) is 0.243. The highest BCUT2D eigenvalue weighted by atomic mass is 32.2. The van der Waals surface area contributed by atoms with Crippen LogP contribution in [-0.4, -0.2) is 14.5 Å². The van der Waals surface area contributed by atoms with Crippen molar-refractivity contribution in [2.45, 2.75) is 57.9 Å². The van der Waals surface area contributed by atoms with E-state index in [2.05, 4.69) is 18.6 Å². The molecular weight excluding hydrogens is 284 g/mol. The lowest BCUT2D eigenvalue weighted by atomic mass is 9.78. The van der Waals surface area contributed by atoms with Crippen LogP contribution in [0, 0.1) is 25.7 Å². The van der Waals surface area contributed by atoms with Crippen LogP contribution in [0.5, 0.6) is 0 Å². The molecule has 0 amide bonds. The molecular formula is C16H26N2O2S. The van der Waals surface area contributed by atoms with Crippen molar-refractivity contribution in [1.29, 1.82) is 0 Å². The van der Waals surface area contributed by atoms with Gasteiger partial charge >= 0.3 is 0 Å². The number of hydrogen-bond donors (Lipinski definition) is 2. The first-order valence-corrected chi connectivity index (χ1v) is 9.10. The summed E-state index contributed by atoms with van der Waals surface area (Å²) in [6, 6.07) is 3.52. The summed E-state index contributed by atoms with van der Waals surface area (Å²) >= 11 is 0. The van der Waals surface area contributed by atoms with Crippen molar-refractivity contribution >= 4 is 15.7 Å². The Morgan fingerprint density at radius 1 is 1.19 bits per heavy atom. The summed E-state index contributed by atoms with van der Waals surface area (Å²) < 4.78 is 28.4. The Hall–Kier alpha value is -1.07. The number of rotatable bonds is 3. The van der Waals surface area contributed by atoms with Gasteiger partial charge in [-0.25, -0.2) is 13.1 Å². The number of nitrogen functional groups attached to an aromatic ring is 1. The van der Waals surface area contributed by atoms with Crippen LogP contribution in [0.1, 0.15) is 44.2 Å². The van der Waals surface area contributed by atoms with Crippen LogP contribution in [0.15, 0.2) is 17.0 Å². The highest BCUT2D eigenvalue weighted by Gasteiger charge is 2.32. The zero-order valence-corrected chi connectivity index (χ0v) is 14.1. The van der Waals surface area contributed by atoms with Gasteiger partial charge in [-0.1, -0.05) is 32.8 Å². The Labute approximate surface area is 128 Å². The minimum atomic E-state index is -3.58. The van der Waals surface area contributed by atoms with E-state index in [0.717, 1.165) is 24.0 Å². The summed E-state index contributed by atoms with van der Waals surface area (Å²) in [6.07, 6.45) is 3.14. The fraction of sp³-hybridized carbons (Fsp3) is 0.625. The molecule has 3 atom stereocenters. The van der Waals surface area contributed by atoms with Crippen molar-refractivity contribution in [1.82, 2.24) is 4.72 Å². The molecule has 0 spiro atoms. The Morgan fingerprint density at radius 2 is 1.86 bits per heavy atom. The summed E-state index contributed by atoms with van der Waals surface area (Å²) in [5.74, 6) is 0.891. The molecule has 118 valence electrons. The van der Waals surface area contributed by atoms with Crippen LogP contribution >= 0.6 is 0 Å². The molecule has 1 aromatic rings. The second-order valence-electron chi connectivity index (χ2n) is 6.42. The molecule has 3 unspecified atom stereocenters. The molecule has 1 aliphatic rings. The van der Waals surface area contributed by atoms with E-state index in [9.17, 15) is 8.42 Å². The van der Waals surface area contributed by atoms with Gasteiger partial charge in [-0.05, 0) is 49.3 Å². The summed E-state index contributed by atoms with van der Waals surface area (Å²) in [5.41, 5.74) is 7.92. The number of nitrogens with one attached hydrogen (secondary N) is 1. The van der Waals surface area contributed by atoms with E-state index >= 15 is 0 Å². The number of aryl methyl sites for hydroxylation is 1. The highest BCUT2D eigenvalue weighted by molar-refractivity contribution is 7.89. The van der Waals surface area contributed by atoms with E-state index in [4.69, 9.17) is 5.73 Å². The molecule has 1 aromatic carbocycles. The van der Waals surface area contributed by atoms with Crippen LogP contribution in [0.3, 0.4) is 0 Å². The van der Waals surface area contributed by atoms with Crippen molar-refractivity contribution in [3.63, 3.8) is 0 Å². The molecule has 5 heteroatoms. The van der Waals surface area contributed by atoms with Crippen LogP contribution in [0.2, 0.25) is 0 Å². The second-order valence-corrected chi connectivity index (χ2v) is 8.07. The van der Waals surface area contributed by atoms with Gasteiger partial charge in [0.2, 0.25) is 10.0 Å². The van der Waals surface area contributed by atoms with Crippen molar-refractivity contribution in [2.24, 2.45) is 11.8 Å². The Morgan fingerprint density at radius 3 is 2.52 bits per heavy atom. The summed E-state index contributed by atoms with van der Waals surface area (Å²) in [6.45, 7) is 8.03. The predicted octanol–water partition coefficient (Wildman–Crippen LogP) is 2.99. The standard InChI is InChI=1S/C16H26N2O2S/c1-10-6-5-7-15(12(10)3)18-21(19,20)16-13(4)11(2)8-9-14(16)17/h8-10,12,15,18H,5-7,17H2,1-4H3. The van der Waals surface area contributed by atoms with Crippen LogP contribution in [0.25, 0.3) is 0 Å². The third kappa shape index (κ3) is 3.24. The minimum Gasteiger partial charge on any atom is -0.398 e. The van der Waals surface area contributed by atoms with Gasteiger partial charge in [-0.2, -0.15) is 0 Å². The van der Waals surface area contributed by atoms with E-state index in [1.165, 1.54) is 6.42 Å². The first kappa shape index (κ1) is 16.3. The fourth-order valence-electron chi connectivity index (χ4n) is 3.17. The first-order valence-electron chi connectivity index (χ1n) is 7.62. The van der Waals surface area contributed by atoms with Gasteiger partial charge in [0.05, 0.1) is 5.69 Å². The van der Waals surface area contributed by atoms with Crippen LogP contribution in [-0.2, 0) is 10.0 Å². The molecule has 0 saturated heterocycles. The maximum Gasteiger partial charge on any atom is 0.243 e. The van der Waals surface area contributed by atoms with Crippen LogP contribution in [0.4, 0.5) is 5.69 Å². The van der Waals surface area contributed by atoms with E-state index in [0.29, 0.717) is 17.5 Å². The van der Waals surface area contributed by atoms with E-state index in [-0.39, 0.29) is 10.9 Å². The maximum absolute atomic E-state index is 12.8. The lowest BCUT2D eigenvalue weighted by molar-refractivity contribution is 0.227. The van der Waals surface area contributed by atoms with Gasteiger partial charge in [0.15, 0.2) is 0 Å². The van der Waals surface area contributed by atoms with E-state index in [1.807, 2.05) is 19.9 Å². The number of benzene rings is 1. The molecule has 0 bridgehead atoms. The Bertz CT molecular complexity index is 625. The average Bonchev–Trinajstić information content (AvgIpc) is 2.39. The molecule has 0 radical (unpaired) electrons. The van der Waals surface area contributed by atoms with Gasteiger partial charge in [0, 0.05) is 6.04 Å². The largest absolute Gasteiger partial charge is 0.398 e. The lowest BCUT2D eigenvalue weighted by Crippen LogP contribution is -2.43. The van der Waals surface area contributed by atoms with Crippen molar-refractivity contribution in [3.8, 4) is 0 Å². The van der Waals surface area contributed by atoms with Gasteiger partial charge in [-0.3, -0.25) is 0 Å². The summed E-state index contributed by atoms with van der Waals surface area (Å²) in [7, 11) is -3.58. The number of anilines is 1. The number of hydrogen-bond acceptors (Lipinski definition) is 3. The third-order valence-electron chi connectivity index (χ3n) is 4.99. The molecule has 0 aromatic heterocycles. The SMILES string of the molecule is Cc1ccc(N)c(S(=O)(=O)NC2CCCC(C)C2C)c1C. The third-order valence-corrected chi connectivity index (χ3v) is 6.68. The molecule has 1 saturated carbocycles.